The van der Waals surface area contributed by atoms with Crippen molar-refractivity contribution in [3.63, 3.8) is 0 Å². The van der Waals surface area contributed by atoms with Gasteiger partial charge in [0.15, 0.2) is 5.60 Å². The van der Waals surface area contributed by atoms with Crippen LogP contribution in [-0.4, -0.2) is 52.6 Å². The molecule has 1 aromatic carbocycles. The summed E-state index contributed by atoms with van der Waals surface area (Å²) in [5.41, 5.74) is 0.205. The molecule has 3 rings (SSSR count). The summed E-state index contributed by atoms with van der Waals surface area (Å²) in [5, 5.41) is 0. The molecule has 1 aliphatic heterocycles. The molecule has 6 heteroatoms. The minimum atomic E-state index is -0.904. The van der Waals surface area contributed by atoms with Crippen LogP contribution in [0.1, 0.15) is 19.4 Å². The highest BCUT2D eigenvalue weighted by Gasteiger charge is 2.36. The zero-order valence-electron chi connectivity index (χ0n) is 15.0. The van der Waals surface area contributed by atoms with Crippen molar-refractivity contribution in [3.8, 4) is 5.75 Å². The van der Waals surface area contributed by atoms with Gasteiger partial charge < -0.3 is 14.5 Å². The van der Waals surface area contributed by atoms with Crippen LogP contribution in [0.15, 0.2) is 42.7 Å². The number of amides is 1. The molecule has 0 radical (unpaired) electrons. The third-order valence-electron chi connectivity index (χ3n) is 4.28. The fraction of sp³-hybridized carbons (Fsp3) is 0.421. The van der Waals surface area contributed by atoms with Gasteiger partial charge in [-0.25, -0.2) is 9.97 Å². The summed E-state index contributed by atoms with van der Waals surface area (Å²) >= 11 is 0. The second kappa shape index (κ2) is 7.09. The first-order chi connectivity index (χ1) is 12.0. The number of ether oxygens (including phenoxy) is 1. The van der Waals surface area contributed by atoms with Crippen molar-refractivity contribution in [1.29, 1.82) is 0 Å². The summed E-state index contributed by atoms with van der Waals surface area (Å²) in [5.74, 6) is 1.43. The smallest absolute Gasteiger partial charge is 0.266 e. The number of aryl methyl sites for hydroxylation is 1. The monoisotopic (exact) mass is 340 g/mol. The molecule has 0 spiro atoms. The first-order valence-electron chi connectivity index (χ1n) is 8.53. The average molecular weight is 340 g/mol. The molecular weight excluding hydrogens is 316 g/mol. The fourth-order valence-electron chi connectivity index (χ4n) is 2.96. The van der Waals surface area contributed by atoms with Crippen LogP contribution in [0.25, 0.3) is 0 Å². The molecular formula is C19H24N4O2. The van der Waals surface area contributed by atoms with Crippen LogP contribution >= 0.6 is 0 Å². The Hall–Kier alpha value is -2.63. The maximum atomic E-state index is 12.9. The summed E-state index contributed by atoms with van der Waals surface area (Å²) in [4.78, 5) is 25.4. The van der Waals surface area contributed by atoms with E-state index in [1.165, 1.54) is 0 Å². The van der Waals surface area contributed by atoms with E-state index in [0.29, 0.717) is 19.0 Å². The molecule has 2 heterocycles. The number of carbonyl (C=O) groups is 1. The second-order valence-corrected chi connectivity index (χ2v) is 6.76. The van der Waals surface area contributed by atoms with E-state index in [1.54, 1.807) is 18.5 Å². The van der Waals surface area contributed by atoms with Gasteiger partial charge in [0, 0.05) is 38.6 Å². The highest BCUT2D eigenvalue weighted by Crippen LogP contribution is 2.22. The summed E-state index contributed by atoms with van der Waals surface area (Å²) in [6.07, 6.45) is 3.47. The number of piperazine rings is 1. The number of anilines is 1. The molecule has 6 nitrogen and oxygen atoms in total. The van der Waals surface area contributed by atoms with Gasteiger partial charge in [-0.05, 0) is 44.5 Å². The predicted octanol–water partition coefficient (Wildman–Crippen LogP) is 2.29. The second-order valence-electron chi connectivity index (χ2n) is 6.76. The van der Waals surface area contributed by atoms with Gasteiger partial charge in [0.2, 0.25) is 5.95 Å². The van der Waals surface area contributed by atoms with Crippen molar-refractivity contribution in [3.05, 3.63) is 48.3 Å². The lowest BCUT2D eigenvalue weighted by Crippen LogP contribution is -2.56. The van der Waals surface area contributed by atoms with E-state index in [9.17, 15) is 4.79 Å². The van der Waals surface area contributed by atoms with Gasteiger partial charge in [0.1, 0.15) is 5.75 Å². The Morgan fingerprint density at radius 2 is 1.76 bits per heavy atom. The molecule has 1 aliphatic rings. The van der Waals surface area contributed by atoms with Crippen LogP contribution in [0, 0.1) is 6.92 Å². The average Bonchev–Trinajstić information content (AvgIpc) is 2.61. The van der Waals surface area contributed by atoms with Gasteiger partial charge in [-0.15, -0.1) is 0 Å². The van der Waals surface area contributed by atoms with Crippen LogP contribution in [0.4, 0.5) is 5.95 Å². The minimum absolute atomic E-state index is 0.00244. The van der Waals surface area contributed by atoms with Gasteiger partial charge in [-0.1, -0.05) is 12.1 Å². The van der Waals surface area contributed by atoms with Gasteiger partial charge >= 0.3 is 0 Å². The lowest BCUT2D eigenvalue weighted by atomic mass is 10.1. The first kappa shape index (κ1) is 17.2. The van der Waals surface area contributed by atoms with E-state index in [4.69, 9.17) is 4.74 Å². The lowest BCUT2D eigenvalue weighted by molar-refractivity contribution is -0.145. The van der Waals surface area contributed by atoms with Gasteiger partial charge in [-0.3, -0.25) is 4.79 Å². The highest BCUT2D eigenvalue weighted by atomic mass is 16.5. The van der Waals surface area contributed by atoms with Crippen LogP contribution in [0.3, 0.4) is 0 Å². The Kier molecular flexibility index (Phi) is 4.88. The number of aromatic nitrogens is 2. The number of benzene rings is 1. The van der Waals surface area contributed by atoms with Gasteiger partial charge in [0.05, 0.1) is 0 Å². The molecule has 132 valence electrons. The topological polar surface area (TPSA) is 58.6 Å². The van der Waals surface area contributed by atoms with Crippen molar-refractivity contribution in [2.75, 3.05) is 31.1 Å². The van der Waals surface area contributed by atoms with Crippen LogP contribution in [-0.2, 0) is 4.79 Å². The summed E-state index contributed by atoms with van der Waals surface area (Å²) < 4.78 is 5.98. The molecule has 1 saturated heterocycles. The van der Waals surface area contributed by atoms with Crippen molar-refractivity contribution in [1.82, 2.24) is 14.9 Å². The summed E-state index contributed by atoms with van der Waals surface area (Å²) in [7, 11) is 0. The molecule has 0 unspecified atom stereocenters. The Labute approximate surface area is 148 Å². The third kappa shape index (κ3) is 4.07. The molecule has 0 saturated carbocycles. The maximum absolute atomic E-state index is 12.9. The molecule has 0 bridgehead atoms. The minimum Gasteiger partial charge on any atom is -0.478 e. The van der Waals surface area contributed by atoms with Crippen LogP contribution in [0.2, 0.25) is 0 Å². The maximum Gasteiger partial charge on any atom is 0.266 e. The van der Waals surface area contributed by atoms with Crippen molar-refractivity contribution in [2.24, 2.45) is 0 Å². The Balaban J connectivity index is 1.61. The first-order valence-corrected chi connectivity index (χ1v) is 8.53. The number of hydrogen-bond acceptors (Lipinski definition) is 5. The molecule has 1 aromatic heterocycles. The van der Waals surface area contributed by atoms with E-state index in [1.807, 2.05) is 49.9 Å². The number of nitrogens with zero attached hydrogens (tertiary/aromatic N) is 4. The van der Waals surface area contributed by atoms with E-state index < -0.39 is 5.60 Å². The normalized spacial score (nSPS) is 15.2. The zero-order chi connectivity index (χ0) is 17.9. The van der Waals surface area contributed by atoms with E-state index in [0.717, 1.165) is 24.4 Å². The van der Waals surface area contributed by atoms with Crippen molar-refractivity contribution >= 4 is 11.9 Å². The number of rotatable bonds is 4. The lowest BCUT2D eigenvalue weighted by Gasteiger charge is -2.38. The Morgan fingerprint density at radius 3 is 2.40 bits per heavy atom. The number of hydrogen-bond donors (Lipinski definition) is 0. The molecule has 1 amide bonds. The summed E-state index contributed by atoms with van der Waals surface area (Å²) in [6.45, 7) is 8.36. The molecule has 0 N–H and O–H groups in total. The molecule has 2 aromatic rings. The largest absolute Gasteiger partial charge is 0.478 e. The van der Waals surface area contributed by atoms with Gasteiger partial charge in [-0.2, -0.15) is 0 Å². The summed E-state index contributed by atoms with van der Waals surface area (Å²) in [6, 6.07) is 9.57. The SMILES string of the molecule is Cc1cccc(OC(C)(C)C(=O)N2CCN(c3ncccn3)CC2)c1. The molecule has 1 fully saturated rings. The Morgan fingerprint density at radius 1 is 1.08 bits per heavy atom. The van der Waals surface area contributed by atoms with E-state index in [-0.39, 0.29) is 5.91 Å². The quantitative estimate of drug-likeness (QED) is 0.855. The standard InChI is InChI=1S/C19H24N4O2/c1-15-6-4-7-16(14-15)25-19(2,3)17(24)22-10-12-23(13-11-22)18-20-8-5-9-21-18/h4-9,14H,10-13H2,1-3H3. The molecule has 0 aliphatic carbocycles. The van der Waals surface area contributed by atoms with Crippen LogP contribution < -0.4 is 9.64 Å². The molecule has 0 atom stereocenters. The Bertz CT molecular complexity index is 725. The highest BCUT2D eigenvalue weighted by molar-refractivity contribution is 5.85. The van der Waals surface area contributed by atoms with E-state index in [2.05, 4.69) is 14.9 Å². The van der Waals surface area contributed by atoms with Crippen LogP contribution in [0.5, 0.6) is 5.75 Å². The fourth-order valence-corrected chi connectivity index (χ4v) is 2.96. The zero-order valence-corrected chi connectivity index (χ0v) is 15.0. The van der Waals surface area contributed by atoms with Crippen molar-refractivity contribution < 1.29 is 9.53 Å². The molecule has 25 heavy (non-hydrogen) atoms. The predicted molar refractivity (Wildman–Crippen MR) is 96.7 cm³/mol. The van der Waals surface area contributed by atoms with E-state index >= 15 is 0 Å². The third-order valence-corrected chi connectivity index (χ3v) is 4.28. The van der Waals surface area contributed by atoms with Gasteiger partial charge in [0.25, 0.3) is 5.91 Å². The van der Waals surface area contributed by atoms with Crippen molar-refractivity contribution in [2.45, 2.75) is 26.4 Å². The number of carbonyl (C=O) groups excluding carboxylic acids is 1.